The van der Waals surface area contributed by atoms with Gasteiger partial charge in [-0.15, -0.1) is 10.2 Å². The molecule has 0 saturated heterocycles. The monoisotopic (exact) mass is 233 g/mol. The number of nitrogens with two attached hydrogens (primary N) is 1. The maximum atomic E-state index is 5.58. The first kappa shape index (κ1) is 11.1. The summed E-state index contributed by atoms with van der Waals surface area (Å²) in [5.74, 6) is 0. The lowest BCUT2D eigenvalue weighted by Crippen LogP contribution is -1.96. The van der Waals surface area contributed by atoms with Crippen LogP contribution >= 0.6 is 11.3 Å². The molecule has 0 radical (unpaired) electrons. The average molecular weight is 233 g/mol. The van der Waals surface area contributed by atoms with Crippen molar-refractivity contribution in [1.29, 1.82) is 0 Å². The molecule has 2 N–H and O–H groups in total. The second-order valence-electron chi connectivity index (χ2n) is 4.09. The standard InChI is InChI=1S/C12H15N3S/c1-7-4-8(2)10(9(3)5-7)6-11-14-15-12(13)16-11/h4-5H,6H2,1-3H3,(H2,13,15). The molecule has 0 unspecified atom stereocenters. The van der Waals surface area contributed by atoms with Crippen molar-refractivity contribution in [2.24, 2.45) is 0 Å². The first-order valence-corrected chi connectivity index (χ1v) is 6.02. The van der Waals surface area contributed by atoms with Gasteiger partial charge in [0, 0.05) is 6.42 Å². The van der Waals surface area contributed by atoms with E-state index in [0.717, 1.165) is 11.4 Å². The summed E-state index contributed by atoms with van der Waals surface area (Å²) in [4.78, 5) is 0. The van der Waals surface area contributed by atoms with E-state index in [0.29, 0.717) is 5.13 Å². The first-order valence-electron chi connectivity index (χ1n) is 5.21. The molecule has 0 aliphatic heterocycles. The molecule has 0 spiro atoms. The maximum Gasteiger partial charge on any atom is 0.203 e. The molecule has 1 aromatic heterocycles. The van der Waals surface area contributed by atoms with Crippen LogP contribution in [0.2, 0.25) is 0 Å². The summed E-state index contributed by atoms with van der Waals surface area (Å²) in [5, 5.41) is 9.41. The Hall–Kier alpha value is -1.42. The molecule has 0 aliphatic carbocycles. The maximum absolute atomic E-state index is 5.58. The first-order chi connectivity index (χ1) is 7.56. The third-order valence-electron chi connectivity index (χ3n) is 2.65. The van der Waals surface area contributed by atoms with E-state index in [-0.39, 0.29) is 0 Å². The van der Waals surface area contributed by atoms with Crippen molar-refractivity contribution in [1.82, 2.24) is 10.2 Å². The highest BCUT2D eigenvalue weighted by atomic mass is 32.1. The van der Waals surface area contributed by atoms with Crippen LogP contribution in [-0.4, -0.2) is 10.2 Å². The van der Waals surface area contributed by atoms with Crippen molar-refractivity contribution in [2.45, 2.75) is 27.2 Å². The van der Waals surface area contributed by atoms with Crippen molar-refractivity contribution < 1.29 is 0 Å². The van der Waals surface area contributed by atoms with Crippen LogP contribution in [0.4, 0.5) is 5.13 Å². The molecule has 0 bridgehead atoms. The van der Waals surface area contributed by atoms with Crippen LogP contribution in [0.1, 0.15) is 27.3 Å². The molecule has 4 heteroatoms. The highest BCUT2D eigenvalue weighted by Crippen LogP contribution is 2.22. The zero-order valence-corrected chi connectivity index (χ0v) is 10.6. The summed E-state index contributed by atoms with van der Waals surface area (Å²) in [6.07, 6.45) is 0.826. The van der Waals surface area contributed by atoms with E-state index in [1.807, 2.05) is 0 Å². The Kier molecular flexibility index (Phi) is 2.92. The van der Waals surface area contributed by atoms with Crippen molar-refractivity contribution in [3.8, 4) is 0 Å². The van der Waals surface area contributed by atoms with Gasteiger partial charge in [0.25, 0.3) is 0 Å². The van der Waals surface area contributed by atoms with Crippen LogP contribution in [0.3, 0.4) is 0 Å². The Morgan fingerprint density at radius 3 is 2.25 bits per heavy atom. The van der Waals surface area contributed by atoms with Gasteiger partial charge in [0.1, 0.15) is 5.01 Å². The summed E-state index contributed by atoms with van der Waals surface area (Å²) >= 11 is 1.46. The lowest BCUT2D eigenvalue weighted by atomic mass is 9.98. The van der Waals surface area contributed by atoms with Crippen LogP contribution in [0.5, 0.6) is 0 Å². The van der Waals surface area contributed by atoms with Gasteiger partial charge in [-0.25, -0.2) is 0 Å². The minimum Gasteiger partial charge on any atom is -0.374 e. The molecule has 0 amide bonds. The number of hydrogen-bond donors (Lipinski definition) is 1. The second-order valence-corrected chi connectivity index (χ2v) is 5.18. The number of rotatable bonds is 2. The van der Waals surface area contributed by atoms with E-state index in [2.05, 4.69) is 43.1 Å². The predicted octanol–water partition coefficient (Wildman–Crippen LogP) is 2.64. The van der Waals surface area contributed by atoms with Gasteiger partial charge in [0.15, 0.2) is 0 Å². The molecule has 0 aliphatic rings. The fourth-order valence-electron chi connectivity index (χ4n) is 1.98. The van der Waals surface area contributed by atoms with Gasteiger partial charge in [0.05, 0.1) is 0 Å². The van der Waals surface area contributed by atoms with Crippen molar-refractivity contribution in [2.75, 3.05) is 5.73 Å². The normalized spacial score (nSPS) is 10.7. The Balaban J connectivity index is 2.34. The zero-order chi connectivity index (χ0) is 11.7. The molecule has 1 aromatic carbocycles. The summed E-state index contributed by atoms with van der Waals surface area (Å²) in [6.45, 7) is 6.40. The van der Waals surface area contributed by atoms with Crippen molar-refractivity contribution >= 4 is 16.5 Å². The number of benzene rings is 1. The second kappa shape index (κ2) is 4.22. The Labute approximate surface area is 99.3 Å². The number of anilines is 1. The minimum atomic E-state index is 0.539. The van der Waals surface area contributed by atoms with Crippen LogP contribution in [0, 0.1) is 20.8 Å². The molecule has 0 fully saturated rings. The van der Waals surface area contributed by atoms with E-state index >= 15 is 0 Å². The predicted molar refractivity (Wildman–Crippen MR) is 67.8 cm³/mol. The molecule has 16 heavy (non-hydrogen) atoms. The van der Waals surface area contributed by atoms with Crippen LogP contribution in [-0.2, 0) is 6.42 Å². The molecule has 84 valence electrons. The zero-order valence-electron chi connectivity index (χ0n) is 9.74. The Bertz CT molecular complexity index is 494. The molecule has 3 nitrogen and oxygen atoms in total. The SMILES string of the molecule is Cc1cc(C)c(Cc2nnc(N)s2)c(C)c1. The van der Waals surface area contributed by atoms with Gasteiger partial charge < -0.3 is 5.73 Å². The van der Waals surface area contributed by atoms with Crippen LogP contribution in [0.15, 0.2) is 12.1 Å². The lowest BCUT2D eigenvalue weighted by molar-refractivity contribution is 0.993. The number of aromatic nitrogens is 2. The smallest absolute Gasteiger partial charge is 0.203 e. The number of aryl methyl sites for hydroxylation is 3. The lowest BCUT2D eigenvalue weighted by Gasteiger charge is -2.09. The van der Waals surface area contributed by atoms with Crippen molar-refractivity contribution in [3.05, 3.63) is 39.4 Å². The third-order valence-corrected chi connectivity index (χ3v) is 3.40. The van der Waals surface area contributed by atoms with E-state index in [9.17, 15) is 0 Å². The Morgan fingerprint density at radius 2 is 1.75 bits per heavy atom. The Morgan fingerprint density at radius 1 is 1.12 bits per heavy atom. The fourth-order valence-corrected chi connectivity index (χ4v) is 2.60. The average Bonchev–Trinajstić information content (AvgIpc) is 2.58. The summed E-state index contributed by atoms with van der Waals surface area (Å²) in [6, 6.07) is 4.40. The molecule has 2 rings (SSSR count). The van der Waals surface area contributed by atoms with E-state index < -0.39 is 0 Å². The van der Waals surface area contributed by atoms with Gasteiger partial charge in [-0.05, 0) is 37.5 Å². The molecule has 1 heterocycles. The minimum absolute atomic E-state index is 0.539. The third kappa shape index (κ3) is 2.22. The number of nitrogens with zero attached hydrogens (tertiary/aromatic N) is 2. The summed E-state index contributed by atoms with van der Waals surface area (Å²) in [7, 11) is 0. The molecular weight excluding hydrogens is 218 g/mol. The summed E-state index contributed by atoms with van der Waals surface area (Å²) < 4.78 is 0. The number of nitrogen functional groups attached to an aromatic ring is 1. The highest BCUT2D eigenvalue weighted by Gasteiger charge is 2.08. The van der Waals surface area contributed by atoms with Gasteiger partial charge in [-0.2, -0.15) is 0 Å². The molecule has 2 aromatic rings. The molecular formula is C12H15N3S. The van der Waals surface area contributed by atoms with E-state index in [1.165, 1.54) is 33.6 Å². The van der Waals surface area contributed by atoms with Gasteiger partial charge in [-0.1, -0.05) is 29.0 Å². The van der Waals surface area contributed by atoms with E-state index in [1.54, 1.807) is 0 Å². The molecule has 0 atom stereocenters. The van der Waals surface area contributed by atoms with E-state index in [4.69, 9.17) is 5.73 Å². The largest absolute Gasteiger partial charge is 0.374 e. The van der Waals surface area contributed by atoms with Crippen LogP contribution in [0.25, 0.3) is 0 Å². The van der Waals surface area contributed by atoms with Gasteiger partial charge in [0.2, 0.25) is 5.13 Å². The quantitative estimate of drug-likeness (QED) is 0.867. The van der Waals surface area contributed by atoms with Gasteiger partial charge >= 0.3 is 0 Å². The topological polar surface area (TPSA) is 51.8 Å². The van der Waals surface area contributed by atoms with Crippen molar-refractivity contribution in [3.63, 3.8) is 0 Å². The fraction of sp³-hybridized carbons (Fsp3) is 0.333. The highest BCUT2D eigenvalue weighted by molar-refractivity contribution is 7.15. The molecule has 0 saturated carbocycles. The number of hydrogen-bond acceptors (Lipinski definition) is 4. The summed E-state index contributed by atoms with van der Waals surface area (Å²) in [5.41, 5.74) is 10.8. The van der Waals surface area contributed by atoms with Crippen LogP contribution < -0.4 is 5.73 Å². The van der Waals surface area contributed by atoms with Gasteiger partial charge in [-0.3, -0.25) is 0 Å².